The molecular formula is C26H35F2N3O4. The molecule has 2 saturated carbocycles. The average Bonchev–Trinajstić information content (AvgIpc) is 3.11. The smallest absolute Gasteiger partial charge is 0.303 e. The van der Waals surface area contributed by atoms with Crippen molar-refractivity contribution in [3.63, 3.8) is 0 Å². The van der Waals surface area contributed by atoms with Gasteiger partial charge in [0, 0.05) is 43.5 Å². The molecule has 0 saturated heterocycles. The lowest BCUT2D eigenvalue weighted by Crippen LogP contribution is -2.47. The van der Waals surface area contributed by atoms with Gasteiger partial charge in [-0.15, -0.1) is 0 Å². The van der Waals surface area contributed by atoms with Crippen LogP contribution in [0.15, 0.2) is 18.2 Å². The van der Waals surface area contributed by atoms with E-state index in [1.807, 2.05) is 12.1 Å². The molecule has 1 aromatic rings. The molecule has 192 valence electrons. The van der Waals surface area contributed by atoms with Crippen molar-refractivity contribution in [1.29, 1.82) is 0 Å². The summed E-state index contributed by atoms with van der Waals surface area (Å²) in [5.41, 5.74) is 7.94. The minimum atomic E-state index is -2.53. The van der Waals surface area contributed by atoms with Gasteiger partial charge in [-0.05, 0) is 61.6 Å². The number of carboxylic acids is 1. The van der Waals surface area contributed by atoms with Crippen molar-refractivity contribution in [2.24, 2.45) is 11.7 Å². The van der Waals surface area contributed by atoms with Crippen LogP contribution >= 0.6 is 0 Å². The van der Waals surface area contributed by atoms with E-state index in [0.29, 0.717) is 30.4 Å². The number of halogens is 2. The van der Waals surface area contributed by atoms with Crippen LogP contribution in [0.1, 0.15) is 85.7 Å². The second kappa shape index (κ2) is 10.6. The highest BCUT2D eigenvalue weighted by Crippen LogP contribution is 2.35. The van der Waals surface area contributed by atoms with Crippen LogP contribution in [0.3, 0.4) is 0 Å². The fourth-order valence-corrected chi connectivity index (χ4v) is 5.97. The molecule has 1 heterocycles. The van der Waals surface area contributed by atoms with Gasteiger partial charge in [0.1, 0.15) is 6.04 Å². The molecular weight excluding hydrogens is 456 g/mol. The highest BCUT2D eigenvalue weighted by Gasteiger charge is 2.38. The fourth-order valence-electron chi connectivity index (χ4n) is 5.97. The number of nitrogens with two attached hydrogens (primary N) is 1. The van der Waals surface area contributed by atoms with E-state index in [1.54, 1.807) is 6.07 Å². The maximum Gasteiger partial charge on any atom is 0.303 e. The van der Waals surface area contributed by atoms with Gasteiger partial charge in [-0.3, -0.25) is 14.4 Å². The molecule has 7 nitrogen and oxygen atoms in total. The summed E-state index contributed by atoms with van der Waals surface area (Å²) in [6, 6.07) is 5.23. The standard InChI is InChI=1S/C26H35F2N3O4/c27-26(28)11-9-19(10-12-26)30-21-4-2-1-3-17(21)13-16-5-6-20-18(14-16)15-31(25(20)35)22(24(29)34)7-8-23(32)33/h5-6,14,17,19,21-22,30H,1-4,7-13,15H2,(H2,29,34)(H,32,33)/t17-,21+,22+/m1/s1. The van der Waals surface area contributed by atoms with E-state index in [1.165, 1.54) is 4.90 Å². The van der Waals surface area contributed by atoms with Crippen LogP contribution in [-0.2, 0) is 22.6 Å². The first kappa shape index (κ1) is 25.5. The van der Waals surface area contributed by atoms with Gasteiger partial charge in [0.25, 0.3) is 5.91 Å². The molecule has 3 atom stereocenters. The van der Waals surface area contributed by atoms with E-state index in [2.05, 4.69) is 5.32 Å². The Hall–Kier alpha value is -2.55. The van der Waals surface area contributed by atoms with Gasteiger partial charge >= 0.3 is 5.97 Å². The Morgan fingerprint density at radius 1 is 1.17 bits per heavy atom. The lowest BCUT2D eigenvalue weighted by Gasteiger charge is -2.38. The predicted molar refractivity (Wildman–Crippen MR) is 126 cm³/mol. The number of hydrogen-bond acceptors (Lipinski definition) is 4. The first-order valence-corrected chi connectivity index (χ1v) is 12.7. The third-order valence-corrected chi connectivity index (χ3v) is 7.91. The van der Waals surface area contributed by atoms with Gasteiger partial charge < -0.3 is 21.1 Å². The number of rotatable bonds is 9. The number of fused-ring (bicyclic) bond motifs is 1. The van der Waals surface area contributed by atoms with Crippen molar-refractivity contribution >= 4 is 17.8 Å². The number of aliphatic carboxylic acids is 1. The highest BCUT2D eigenvalue weighted by molar-refractivity contribution is 6.01. The summed E-state index contributed by atoms with van der Waals surface area (Å²) in [6.07, 6.45) is 5.90. The molecule has 2 fully saturated rings. The summed E-state index contributed by atoms with van der Waals surface area (Å²) in [7, 11) is 0. The number of carbonyl (C=O) groups is 3. The number of carbonyl (C=O) groups excluding carboxylic acids is 2. The van der Waals surface area contributed by atoms with Crippen LogP contribution < -0.4 is 11.1 Å². The maximum absolute atomic E-state index is 13.6. The van der Waals surface area contributed by atoms with E-state index in [9.17, 15) is 23.2 Å². The molecule has 0 spiro atoms. The van der Waals surface area contributed by atoms with Crippen molar-refractivity contribution in [3.05, 3.63) is 34.9 Å². The minimum Gasteiger partial charge on any atom is -0.481 e. The Balaban J connectivity index is 1.41. The summed E-state index contributed by atoms with van der Waals surface area (Å²) >= 11 is 0. The second-order valence-electron chi connectivity index (χ2n) is 10.4. The third kappa shape index (κ3) is 6.18. The Kier molecular flexibility index (Phi) is 7.73. The van der Waals surface area contributed by atoms with E-state index in [-0.39, 0.29) is 44.2 Å². The first-order chi connectivity index (χ1) is 16.6. The maximum atomic E-state index is 13.6. The zero-order valence-corrected chi connectivity index (χ0v) is 20.0. The van der Waals surface area contributed by atoms with Crippen molar-refractivity contribution in [1.82, 2.24) is 10.2 Å². The predicted octanol–water partition coefficient (Wildman–Crippen LogP) is 3.63. The van der Waals surface area contributed by atoms with Crippen molar-refractivity contribution in [2.45, 2.75) is 101 Å². The largest absolute Gasteiger partial charge is 0.481 e. The molecule has 9 heteroatoms. The van der Waals surface area contributed by atoms with E-state index >= 15 is 0 Å². The molecule has 4 N–H and O–H groups in total. The lowest BCUT2D eigenvalue weighted by molar-refractivity contribution is -0.137. The molecule has 2 aliphatic carbocycles. The molecule has 2 amide bonds. The third-order valence-electron chi connectivity index (χ3n) is 7.91. The lowest BCUT2D eigenvalue weighted by atomic mass is 9.79. The second-order valence-corrected chi connectivity index (χ2v) is 10.4. The number of alkyl halides is 2. The molecule has 1 aromatic carbocycles. The molecule has 0 bridgehead atoms. The molecule has 0 radical (unpaired) electrons. The van der Waals surface area contributed by atoms with Crippen LogP contribution in [0.5, 0.6) is 0 Å². The van der Waals surface area contributed by atoms with Gasteiger partial charge in [0.15, 0.2) is 0 Å². The molecule has 4 rings (SSSR count). The SMILES string of the molecule is NC(=O)[C@H](CCC(=O)O)N1Cc2cc(C[C@H]3CCCC[C@@H]3NC3CCC(F)(F)CC3)ccc2C1=O. The molecule has 0 unspecified atom stereocenters. The van der Waals surface area contributed by atoms with Crippen LogP contribution in [0.25, 0.3) is 0 Å². The number of primary amides is 1. The van der Waals surface area contributed by atoms with Crippen LogP contribution in [0.2, 0.25) is 0 Å². The Bertz CT molecular complexity index is 960. The zero-order valence-electron chi connectivity index (χ0n) is 20.0. The summed E-state index contributed by atoms with van der Waals surface area (Å²) in [6.45, 7) is 0.234. The topological polar surface area (TPSA) is 113 Å². The van der Waals surface area contributed by atoms with Gasteiger partial charge in [-0.1, -0.05) is 25.0 Å². The molecule has 3 aliphatic rings. The number of amides is 2. The Labute approximate surface area is 204 Å². The molecule has 1 aliphatic heterocycles. The van der Waals surface area contributed by atoms with Gasteiger partial charge in [0.05, 0.1) is 0 Å². The number of nitrogens with zero attached hydrogens (tertiary/aromatic N) is 1. The van der Waals surface area contributed by atoms with Gasteiger partial charge in [-0.25, -0.2) is 8.78 Å². The van der Waals surface area contributed by atoms with Crippen molar-refractivity contribution in [3.8, 4) is 0 Å². The van der Waals surface area contributed by atoms with Crippen LogP contribution in [0, 0.1) is 5.92 Å². The quantitative estimate of drug-likeness (QED) is 0.488. The number of benzene rings is 1. The summed E-state index contributed by atoms with van der Waals surface area (Å²) in [4.78, 5) is 37.2. The average molecular weight is 492 g/mol. The van der Waals surface area contributed by atoms with Crippen LogP contribution in [-0.4, -0.2) is 51.8 Å². The fraction of sp³-hybridized carbons (Fsp3) is 0.654. The normalized spacial score (nSPS) is 25.3. The number of nitrogens with one attached hydrogen (secondary N) is 1. The summed E-state index contributed by atoms with van der Waals surface area (Å²) in [5, 5.41) is 12.7. The van der Waals surface area contributed by atoms with Gasteiger partial charge in [-0.2, -0.15) is 0 Å². The molecule has 0 aromatic heterocycles. The number of hydrogen-bond donors (Lipinski definition) is 3. The minimum absolute atomic E-state index is 0.0141. The Morgan fingerprint density at radius 3 is 2.57 bits per heavy atom. The van der Waals surface area contributed by atoms with E-state index in [4.69, 9.17) is 10.8 Å². The zero-order chi connectivity index (χ0) is 25.2. The van der Waals surface area contributed by atoms with E-state index in [0.717, 1.165) is 43.2 Å². The van der Waals surface area contributed by atoms with Crippen LogP contribution in [0.4, 0.5) is 8.78 Å². The highest BCUT2D eigenvalue weighted by atomic mass is 19.3. The van der Waals surface area contributed by atoms with E-state index < -0.39 is 23.8 Å². The first-order valence-electron chi connectivity index (χ1n) is 12.7. The van der Waals surface area contributed by atoms with Crippen molar-refractivity contribution < 1.29 is 28.3 Å². The Morgan fingerprint density at radius 2 is 1.89 bits per heavy atom. The summed E-state index contributed by atoms with van der Waals surface area (Å²) < 4.78 is 27.1. The molecule has 35 heavy (non-hydrogen) atoms. The monoisotopic (exact) mass is 491 g/mol. The summed E-state index contributed by atoms with van der Waals surface area (Å²) in [5.74, 6) is -4.18. The number of carboxylic acid groups (broad SMARTS) is 1. The van der Waals surface area contributed by atoms with Gasteiger partial charge in [0.2, 0.25) is 11.8 Å². The van der Waals surface area contributed by atoms with Crippen molar-refractivity contribution in [2.75, 3.05) is 0 Å².